The first-order valence-corrected chi connectivity index (χ1v) is 4.43. The van der Waals surface area contributed by atoms with Crippen molar-refractivity contribution in [3.8, 4) is 0 Å². The van der Waals surface area contributed by atoms with E-state index < -0.39 is 0 Å². The average molecular weight is 186 g/mol. The maximum Gasteiger partial charge on any atom is 0.223 e. The summed E-state index contributed by atoms with van der Waals surface area (Å²) in [6.45, 7) is 6.98. The number of nitrogens with one attached hydrogen (secondary N) is 2. The van der Waals surface area contributed by atoms with E-state index in [0.717, 1.165) is 0 Å². The van der Waals surface area contributed by atoms with Crippen molar-refractivity contribution in [2.75, 3.05) is 19.6 Å². The van der Waals surface area contributed by atoms with Crippen LogP contribution >= 0.6 is 0 Å². The molecule has 0 radical (unpaired) electrons. The van der Waals surface area contributed by atoms with Crippen LogP contribution in [0.25, 0.3) is 0 Å². The molecule has 0 fully saturated rings. The number of amides is 1. The van der Waals surface area contributed by atoms with Crippen molar-refractivity contribution >= 4 is 5.91 Å². The second kappa shape index (κ2) is 7.76. The molecule has 4 nitrogen and oxygen atoms in total. The smallest absolute Gasteiger partial charge is 0.223 e. The zero-order chi connectivity index (χ0) is 10.1. The molecule has 0 aliphatic carbocycles. The van der Waals surface area contributed by atoms with Crippen molar-refractivity contribution in [3.05, 3.63) is 12.7 Å². The molecule has 0 aliphatic rings. The van der Waals surface area contributed by atoms with Gasteiger partial charge in [-0.15, -0.1) is 6.58 Å². The van der Waals surface area contributed by atoms with Gasteiger partial charge in [0.25, 0.3) is 0 Å². The Balaban J connectivity index is 3.16. The van der Waals surface area contributed by atoms with E-state index in [2.05, 4.69) is 17.2 Å². The fraction of sp³-hybridized carbons (Fsp3) is 0.667. The Hall–Kier alpha value is -0.870. The van der Waals surface area contributed by atoms with Gasteiger partial charge in [0, 0.05) is 26.1 Å². The largest absolute Gasteiger partial charge is 0.392 e. The van der Waals surface area contributed by atoms with Crippen LogP contribution in [0.4, 0.5) is 0 Å². The van der Waals surface area contributed by atoms with E-state index in [1.165, 1.54) is 0 Å². The minimum Gasteiger partial charge on any atom is -0.392 e. The summed E-state index contributed by atoms with van der Waals surface area (Å²) in [6, 6.07) is 0. The van der Waals surface area contributed by atoms with Gasteiger partial charge in [0.2, 0.25) is 5.91 Å². The molecule has 4 heteroatoms. The summed E-state index contributed by atoms with van der Waals surface area (Å²) in [5, 5.41) is 14.6. The molecule has 0 heterocycles. The Morgan fingerprint density at radius 3 is 2.85 bits per heavy atom. The molecule has 1 unspecified atom stereocenters. The lowest BCUT2D eigenvalue weighted by Gasteiger charge is -2.07. The van der Waals surface area contributed by atoms with Crippen LogP contribution in [0.5, 0.6) is 0 Å². The molecule has 0 saturated carbocycles. The normalized spacial score (nSPS) is 12.2. The quantitative estimate of drug-likeness (QED) is 0.376. The van der Waals surface area contributed by atoms with E-state index in [0.29, 0.717) is 26.1 Å². The Morgan fingerprint density at radius 1 is 1.62 bits per heavy atom. The molecule has 0 rings (SSSR count). The average Bonchev–Trinajstić information content (AvgIpc) is 2.03. The molecule has 0 aromatic heterocycles. The van der Waals surface area contributed by atoms with Crippen molar-refractivity contribution in [2.45, 2.75) is 19.4 Å². The first kappa shape index (κ1) is 12.1. The van der Waals surface area contributed by atoms with E-state index >= 15 is 0 Å². The third-order valence-corrected chi connectivity index (χ3v) is 1.39. The van der Waals surface area contributed by atoms with Crippen LogP contribution in [0, 0.1) is 0 Å². The van der Waals surface area contributed by atoms with E-state index in [-0.39, 0.29) is 12.0 Å². The van der Waals surface area contributed by atoms with Gasteiger partial charge in [-0.1, -0.05) is 6.08 Å². The topological polar surface area (TPSA) is 61.4 Å². The molecule has 0 bridgehead atoms. The van der Waals surface area contributed by atoms with Crippen molar-refractivity contribution in [1.82, 2.24) is 10.6 Å². The van der Waals surface area contributed by atoms with Crippen LogP contribution in [0.2, 0.25) is 0 Å². The molecule has 1 atom stereocenters. The van der Waals surface area contributed by atoms with Crippen molar-refractivity contribution in [2.24, 2.45) is 0 Å². The summed E-state index contributed by atoms with van der Waals surface area (Å²) in [6.07, 6.45) is 1.58. The second-order valence-corrected chi connectivity index (χ2v) is 2.90. The number of carbonyl (C=O) groups excluding carboxylic acids is 1. The molecule has 0 spiro atoms. The SMILES string of the molecule is C=CCC(=O)NCCNCC(C)O. The minimum atomic E-state index is -0.344. The summed E-state index contributed by atoms with van der Waals surface area (Å²) < 4.78 is 0. The van der Waals surface area contributed by atoms with Gasteiger partial charge in [0.1, 0.15) is 0 Å². The van der Waals surface area contributed by atoms with Gasteiger partial charge in [-0.3, -0.25) is 4.79 Å². The lowest BCUT2D eigenvalue weighted by atomic mass is 10.4. The molecular formula is C9H18N2O2. The fourth-order valence-corrected chi connectivity index (χ4v) is 0.805. The standard InChI is InChI=1S/C9H18N2O2/c1-3-4-9(13)11-6-5-10-7-8(2)12/h3,8,10,12H,1,4-7H2,2H3,(H,11,13). The van der Waals surface area contributed by atoms with E-state index in [9.17, 15) is 4.79 Å². The zero-order valence-electron chi connectivity index (χ0n) is 8.05. The Labute approximate surface area is 79.0 Å². The molecular weight excluding hydrogens is 168 g/mol. The first-order valence-electron chi connectivity index (χ1n) is 4.43. The highest BCUT2D eigenvalue weighted by Gasteiger charge is 1.96. The third-order valence-electron chi connectivity index (χ3n) is 1.39. The number of aliphatic hydroxyl groups excluding tert-OH is 1. The molecule has 3 N–H and O–H groups in total. The fourth-order valence-electron chi connectivity index (χ4n) is 0.805. The maximum atomic E-state index is 10.9. The van der Waals surface area contributed by atoms with Crippen molar-refractivity contribution in [1.29, 1.82) is 0 Å². The van der Waals surface area contributed by atoms with Gasteiger partial charge < -0.3 is 15.7 Å². The molecule has 0 aliphatic heterocycles. The Kier molecular flexibility index (Phi) is 7.24. The van der Waals surface area contributed by atoms with Gasteiger partial charge in [-0.25, -0.2) is 0 Å². The monoisotopic (exact) mass is 186 g/mol. The molecule has 0 saturated heterocycles. The van der Waals surface area contributed by atoms with E-state index in [1.807, 2.05) is 0 Å². The lowest BCUT2D eigenvalue weighted by molar-refractivity contribution is -0.120. The second-order valence-electron chi connectivity index (χ2n) is 2.90. The van der Waals surface area contributed by atoms with Crippen LogP contribution in [0.1, 0.15) is 13.3 Å². The zero-order valence-corrected chi connectivity index (χ0v) is 8.05. The molecule has 13 heavy (non-hydrogen) atoms. The summed E-state index contributed by atoms with van der Waals surface area (Å²) in [5.41, 5.74) is 0. The van der Waals surface area contributed by atoms with Gasteiger partial charge in [0.05, 0.1) is 6.10 Å². The summed E-state index contributed by atoms with van der Waals surface area (Å²) >= 11 is 0. The highest BCUT2D eigenvalue weighted by atomic mass is 16.3. The molecule has 1 amide bonds. The number of aliphatic hydroxyl groups is 1. The minimum absolute atomic E-state index is 0.0196. The third kappa shape index (κ3) is 9.04. The summed E-state index contributed by atoms with van der Waals surface area (Å²) in [7, 11) is 0. The Morgan fingerprint density at radius 2 is 2.31 bits per heavy atom. The number of rotatable bonds is 7. The molecule has 0 aromatic rings. The van der Waals surface area contributed by atoms with Gasteiger partial charge in [0.15, 0.2) is 0 Å². The van der Waals surface area contributed by atoms with Gasteiger partial charge in [-0.2, -0.15) is 0 Å². The molecule has 0 aromatic carbocycles. The first-order chi connectivity index (χ1) is 6.16. The van der Waals surface area contributed by atoms with Gasteiger partial charge >= 0.3 is 0 Å². The van der Waals surface area contributed by atoms with E-state index in [1.54, 1.807) is 13.0 Å². The lowest BCUT2D eigenvalue weighted by Crippen LogP contribution is -2.34. The predicted molar refractivity (Wildman–Crippen MR) is 52.4 cm³/mol. The summed E-state index contributed by atoms with van der Waals surface area (Å²) in [4.78, 5) is 10.9. The van der Waals surface area contributed by atoms with E-state index in [4.69, 9.17) is 5.11 Å². The number of hydrogen-bond donors (Lipinski definition) is 3. The van der Waals surface area contributed by atoms with Crippen LogP contribution in [0.15, 0.2) is 12.7 Å². The highest BCUT2D eigenvalue weighted by Crippen LogP contribution is 1.78. The number of carbonyl (C=O) groups is 1. The maximum absolute atomic E-state index is 10.9. The van der Waals surface area contributed by atoms with Gasteiger partial charge in [-0.05, 0) is 6.92 Å². The number of hydrogen-bond acceptors (Lipinski definition) is 3. The van der Waals surface area contributed by atoms with Crippen molar-refractivity contribution in [3.63, 3.8) is 0 Å². The van der Waals surface area contributed by atoms with Crippen LogP contribution in [-0.2, 0) is 4.79 Å². The molecule has 76 valence electrons. The summed E-state index contributed by atoms with van der Waals surface area (Å²) in [5.74, 6) is -0.0196. The predicted octanol–water partition coefficient (Wildman–Crippen LogP) is -0.351. The van der Waals surface area contributed by atoms with Crippen LogP contribution < -0.4 is 10.6 Å². The van der Waals surface area contributed by atoms with Crippen LogP contribution in [0.3, 0.4) is 0 Å². The Bertz CT molecular complexity index is 158. The highest BCUT2D eigenvalue weighted by molar-refractivity contribution is 5.77. The van der Waals surface area contributed by atoms with Crippen molar-refractivity contribution < 1.29 is 9.90 Å². The van der Waals surface area contributed by atoms with Crippen LogP contribution in [-0.4, -0.2) is 36.8 Å².